The average molecular weight is 324 g/mol. The summed E-state index contributed by atoms with van der Waals surface area (Å²) in [6.07, 6.45) is 5.93. The SMILES string of the molecule is O=S1(c2ccccc2)=NC(C2CCCCC2)=Nc2ccccc21. The van der Waals surface area contributed by atoms with Gasteiger partial charge in [0.25, 0.3) is 0 Å². The summed E-state index contributed by atoms with van der Waals surface area (Å²) in [5.74, 6) is 1.14. The van der Waals surface area contributed by atoms with E-state index in [0.29, 0.717) is 5.92 Å². The van der Waals surface area contributed by atoms with Gasteiger partial charge in [-0.3, -0.25) is 0 Å². The molecule has 1 fully saturated rings. The van der Waals surface area contributed by atoms with Crippen molar-refractivity contribution in [3.8, 4) is 0 Å². The molecule has 23 heavy (non-hydrogen) atoms. The van der Waals surface area contributed by atoms with E-state index in [9.17, 15) is 4.21 Å². The van der Waals surface area contributed by atoms with Crippen LogP contribution in [0, 0.1) is 5.92 Å². The van der Waals surface area contributed by atoms with Crippen LogP contribution in [0.5, 0.6) is 0 Å². The number of benzene rings is 2. The van der Waals surface area contributed by atoms with Crippen LogP contribution in [0.3, 0.4) is 0 Å². The predicted molar refractivity (Wildman–Crippen MR) is 93.7 cm³/mol. The van der Waals surface area contributed by atoms with Crippen LogP contribution in [0.1, 0.15) is 32.1 Å². The Labute approximate surface area is 137 Å². The van der Waals surface area contributed by atoms with Crippen molar-refractivity contribution in [2.75, 3.05) is 0 Å². The molecule has 1 aliphatic heterocycles. The van der Waals surface area contributed by atoms with Gasteiger partial charge in [-0.1, -0.05) is 49.6 Å². The highest BCUT2D eigenvalue weighted by molar-refractivity contribution is 7.94. The van der Waals surface area contributed by atoms with E-state index < -0.39 is 9.73 Å². The second-order valence-electron chi connectivity index (χ2n) is 6.20. The fourth-order valence-corrected chi connectivity index (χ4v) is 5.52. The zero-order chi connectivity index (χ0) is 15.7. The van der Waals surface area contributed by atoms with E-state index >= 15 is 0 Å². The van der Waals surface area contributed by atoms with Gasteiger partial charge in [0.05, 0.1) is 15.5 Å². The van der Waals surface area contributed by atoms with E-state index in [4.69, 9.17) is 9.36 Å². The molecule has 0 spiro atoms. The van der Waals surface area contributed by atoms with Gasteiger partial charge in [0.15, 0.2) is 0 Å². The van der Waals surface area contributed by atoms with Crippen LogP contribution in [0.4, 0.5) is 5.69 Å². The Morgan fingerprint density at radius 3 is 2.35 bits per heavy atom. The van der Waals surface area contributed by atoms with Gasteiger partial charge in [0.2, 0.25) is 0 Å². The van der Waals surface area contributed by atoms with Crippen molar-refractivity contribution >= 4 is 21.3 Å². The molecule has 1 heterocycles. The fourth-order valence-electron chi connectivity index (χ4n) is 3.42. The zero-order valence-electron chi connectivity index (χ0n) is 13.0. The topological polar surface area (TPSA) is 41.8 Å². The zero-order valence-corrected chi connectivity index (χ0v) is 13.8. The van der Waals surface area contributed by atoms with E-state index in [1.54, 1.807) is 0 Å². The quantitative estimate of drug-likeness (QED) is 0.749. The summed E-state index contributed by atoms with van der Waals surface area (Å²) in [5, 5.41) is 0. The summed E-state index contributed by atoms with van der Waals surface area (Å²) in [5.41, 5.74) is 0.817. The third-order valence-electron chi connectivity index (χ3n) is 4.65. The van der Waals surface area contributed by atoms with Crippen molar-refractivity contribution in [3.63, 3.8) is 0 Å². The molecule has 0 bridgehead atoms. The number of hydrogen-bond donors (Lipinski definition) is 0. The average Bonchev–Trinajstić information content (AvgIpc) is 2.63. The number of aliphatic imine (C=N–C) groups is 1. The molecule has 2 aromatic rings. The first-order chi connectivity index (χ1) is 11.3. The van der Waals surface area contributed by atoms with Crippen LogP contribution in [-0.2, 0) is 9.73 Å². The van der Waals surface area contributed by atoms with Gasteiger partial charge in [-0.05, 0) is 37.1 Å². The number of nitrogens with zero attached hydrogens (tertiary/aromatic N) is 2. The lowest BCUT2D eigenvalue weighted by Crippen LogP contribution is -2.20. The Hall–Kier alpha value is -1.94. The molecular weight excluding hydrogens is 304 g/mol. The normalized spacial score (nSPS) is 24.4. The Morgan fingerprint density at radius 1 is 0.870 bits per heavy atom. The summed E-state index contributed by atoms with van der Waals surface area (Å²) < 4.78 is 18.6. The van der Waals surface area contributed by atoms with Crippen LogP contribution in [0.15, 0.2) is 73.7 Å². The molecule has 0 amide bonds. The van der Waals surface area contributed by atoms with Gasteiger partial charge >= 0.3 is 0 Å². The van der Waals surface area contributed by atoms with Crippen molar-refractivity contribution in [3.05, 3.63) is 54.6 Å². The maximum atomic E-state index is 13.8. The molecule has 2 aromatic carbocycles. The minimum absolute atomic E-state index is 0.349. The van der Waals surface area contributed by atoms with Gasteiger partial charge in [-0.2, -0.15) is 4.36 Å². The highest BCUT2D eigenvalue weighted by Gasteiger charge is 2.28. The maximum absolute atomic E-state index is 13.8. The van der Waals surface area contributed by atoms with Crippen LogP contribution in [-0.4, -0.2) is 10.0 Å². The highest BCUT2D eigenvalue weighted by atomic mass is 32.2. The molecule has 0 saturated heterocycles. The fraction of sp³-hybridized carbons (Fsp3) is 0.316. The van der Waals surface area contributed by atoms with Gasteiger partial charge < -0.3 is 0 Å². The Bertz CT molecular complexity index is 858. The van der Waals surface area contributed by atoms with Crippen molar-refractivity contribution in [1.29, 1.82) is 0 Å². The molecule has 0 N–H and O–H groups in total. The summed E-state index contributed by atoms with van der Waals surface area (Å²) in [7, 11) is -2.63. The first-order valence-electron chi connectivity index (χ1n) is 8.27. The van der Waals surface area contributed by atoms with Crippen molar-refractivity contribution < 1.29 is 4.21 Å². The molecule has 1 atom stereocenters. The lowest BCUT2D eigenvalue weighted by Gasteiger charge is -2.25. The molecular formula is C19H20N2OS. The molecule has 118 valence electrons. The summed E-state index contributed by atoms with van der Waals surface area (Å²) in [6.45, 7) is 0. The molecule has 0 radical (unpaired) electrons. The first kappa shape index (κ1) is 14.6. The molecule has 4 heteroatoms. The number of hydrogen-bond acceptors (Lipinski definition) is 3. The molecule has 3 nitrogen and oxygen atoms in total. The lowest BCUT2D eigenvalue weighted by atomic mass is 9.88. The smallest absolute Gasteiger partial charge is 0.142 e. The van der Waals surface area contributed by atoms with Crippen LogP contribution in [0.25, 0.3) is 0 Å². The molecule has 1 unspecified atom stereocenters. The predicted octanol–water partition coefficient (Wildman–Crippen LogP) is 5.20. The molecule has 0 aromatic heterocycles. The second-order valence-corrected chi connectivity index (χ2v) is 8.35. The highest BCUT2D eigenvalue weighted by Crippen LogP contribution is 2.38. The minimum atomic E-state index is -2.63. The van der Waals surface area contributed by atoms with E-state index in [1.165, 1.54) is 19.3 Å². The summed E-state index contributed by atoms with van der Waals surface area (Å²) >= 11 is 0. The van der Waals surface area contributed by atoms with Gasteiger partial charge in [-0.15, -0.1) is 0 Å². The Morgan fingerprint density at radius 2 is 1.57 bits per heavy atom. The second kappa shape index (κ2) is 5.93. The van der Waals surface area contributed by atoms with E-state index in [-0.39, 0.29) is 0 Å². The first-order valence-corrected chi connectivity index (χ1v) is 9.79. The monoisotopic (exact) mass is 324 g/mol. The third kappa shape index (κ3) is 2.61. The van der Waals surface area contributed by atoms with E-state index in [0.717, 1.165) is 34.2 Å². The van der Waals surface area contributed by atoms with Gasteiger partial charge in [0, 0.05) is 5.92 Å². The van der Waals surface area contributed by atoms with Gasteiger partial charge in [0.1, 0.15) is 15.6 Å². The maximum Gasteiger partial charge on any atom is 0.142 e. The Kier molecular flexibility index (Phi) is 3.77. The molecule has 1 aliphatic carbocycles. The number of rotatable bonds is 2. The third-order valence-corrected chi connectivity index (χ3v) is 6.95. The minimum Gasteiger partial charge on any atom is -0.239 e. The lowest BCUT2D eigenvalue weighted by molar-refractivity contribution is 0.437. The number of amidine groups is 1. The largest absolute Gasteiger partial charge is 0.239 e. The van der Waals surface area contributed by atoms with Crippen molar-refractivity contribution in [2.45, 2.75) is 41.9 Å². The Balaban J connectivity index is 1.91. The van der Waals surface area contributed by atoms with Crippen LogP contribution < -0.4 is 0 Å². The van der Waals surface area contributed by atoms with Crippen LogP contribution >= 0.6 is 0 Å². The molecule has 4 rings (SSSR count). The van der Waals surface area contributed by atoms with Gasteiger partial charge in [-0.25, -0.2) is 9.20 Å². The standard InChI is InChI=1S/C19H20N2OS/c22-23(16-11-5-2-6-12-16)18-14-8-7-13-17(18)20-19(21-23)15-9-3-1-4-10-15/h2,5-8,11-15H,1,3-4,9-10H2. The molecule has 2 aliphatic rings. The van der Waals surface area contributed by atoms with E-state index in [2.05, 4.69) is 0 Å². The molecule has 1 saturated carbocycles. The van der Waals surface area contributed by atoms with E-state index in [1.807, 2.05) is 54.6 Å². The number of para-hydroxylation sites is 1. The van der Waals surface area contributed by atoms with Crippen molar-refractivity contribution in [2.24, 2.45) is 15.3 Å². The summed E-state index contributed by atoms with van der Waals surface area (Å²) in [6, 6.07) is 17.3. The summed E-state index contributed by atoms with van der Waals surface area (Å²) in [4.78, 5) is 6.28. The van der Waals surface area contributed by atoms with Crippen molar-refractivity contribution in [1.82, 2.24) is 0 Å². The number of fused-ring (bicyclic) bond motifs is 1. The van der Waals surface area contributed by atoms with Crippen LogP contribution in [0.2, 0.25) is 0 Å².